The Morgan fingerprint density at radius 1 is 1.13 bits per heavy atom. The van der Waals surface area contributed by atoms with Crippen molar-refractivity contribution in [2.45, 2.75) is 4.90 Å². The number of para-hydroxylation sites is 2. The highest BCUT2D eigenvalue weighted by Crippen LogP contribution is 2.18. The molecule has 0 saturated carbocycles. The summed E-state index contributed by atoms with van der Waals surface area (Å²) in [4.78, 5) is 14.3. The number of amides is 2. The zero-order valence-corrected chi connectivity index (χ0v) is 14.0. The van der Waals surface area contributed by atoms with Gasteiger partial charge in [0.05, 0.1) is 27.9 Å². The molecule has 2 amide bonds. The number of nitrogens with zero attached hydrogens (tertiary/aromatic N) is 1. The molecule has 2 aromatic rings. The Balaban J connectivity index is 1.87. The summed E-state index contributed by atoms with van der Waals surface area (Å²) < 4.78 is 17.2. The minimum atomic E-state index is -1.16. The quantitative estimate of drug-likeness (QED) is 0.885. The molecule has 23 heavy (non-hydrogen) atoms. The number of carbonyl (C=O) groups is 1. The van der Waals surface area contributed by atoms with Crippen LogP contribution in [0.1, 0.15) is 0 Å². The van der Waals surface area contributed by atoms with Gasteiger partial charge in [-0.05, 0) is 24.3 Å². The van der Waals surface area contributed by atoms with Crippen molar-refractivity contribution in [2.24, 2.45) is 0 Å². The van der Waals surface area contributed by atoms with Crippen molar-refractivity contribution in [2.75, 3.05) is 31.8 Å². The van der Waals surface area contributed by atoms with Crippen LogP contribution in [0.5, 0.6) is 5.75 Å². The zero-order chi connectivity index (χ0) is 16.7. The third-order valence-electron chi connectivity index (χ3n) is 3.22. The highest BCUT2D eigenvalue weighted by atomic mass is 32.2. The molecule has 0 aliphatic rings. The number of nitrogens with one attached hydrogen (secondary N) is 1. The number of anilines is 1. The van der Waals surface area contributed by atoms with Crippen molar-refractivity contribution in [3.8, 4) is 5.75 Å². The van der Waals surface area contributed by atoms with Crippen LogP contribution >= 0.6 is 0 Å². The minimum Gasteiger partial charge on any atom is -0.492 e. The van der Waals surface area contributed by atoms with Crippen LogP contribution in [0.2, 0.25) is 0 Å². The summed E-state index contributed by atoms with van der Waals surface area (Å²) in [7, 11) is 0.531. The Kier molecular flexibility index (Phi) is 6.17. The normalized spacial score (nSPS) is 11.6. The van der Waals surface area contributed by atoms with E-state index in [1.807, 2.05) is 30.3 Å². The van der Waals surface area contributed by atoms with Crippen LogP contribution in [0.25, 0.3) is 0 Å². The average molecular weight is 332 g/mol. The van der Waals surface area contributed by atoms with E-state index in [0.717, 1.165) is 5.75 Å². The molecular formula is C17H20N2O3S. The summed E-state index contributed by atoms with van der Waals surface area (Å²) in [5.74, 6) is 0.771. The summed E-state index contributed by atoms with van der Waals surface area (Å²) in [6.07, 6.45) is 1.59. The number of hydrogen-bond donors (Lipinski definition) is 1. The lowest BCUT2D eigenvalue weighted by Gasteiger charge is -2.19. The maximum absolute atomic E-state index is 12.2. The first-order valence-electron chi connectivity index (χ1n) is 7.20. The Bertz CT molecular complexity index is 677. The van der Waals surface area contributed by atoms with Gasteiger partial charge < -0.3 is 15.0 Å². The van der Waals surface area contributed by atoms with E-state index in [2.05, 4.69) is 5.32 Å². The Labute approximate surface area is 138 Å². The first kappa shape index (κ1) is 17.0. The number of likely N-dealkylation sites (N-methyl/N-ethyl adjacent to an activating group) is 1. The van der Waals surface area contributed by atoms with Gasteiger partial charge in [0.2, 0.25) is 0 Å². The van der Waals surface area contributed by atoms with E-state index in [1.54, 1.807) is 37.6 Å². The molecule has 5 nitrogen and oxygen atoms in total. The van der Waals surface area contributed by atoms with E-state index in [-0.39, 0.29) is 6.03 Å². The molecule has 0 aliphatic carbocycles. The predicted octanol–water partition coefficient (Wildman–Crippen LogP) is 2.97. The monoisotopic (exact) mass is 332 g/mol. The van der Waals surface area contributed by atoms with Crippen LogP contribution in [0.4, 0.5) is 10.5 Å². The van der Waals surface area contributed by atoms with Crippen molar-refractivity contribution in [3.63, 3.8) is 0 Å². The fourth-order valence-electron chi connectivity index (χ4n) is 1.95. The SMILES string of the molecule is CN(CCOc1ccccc1)C(=O)Nc1ccccc1S(C)=O. The molecule has 2 aromatic carbocycles. The molecule has 1 atom stereocenters. The molecule has 0 spiro atoms. The van der Waals surface area contributed by atoms with Gasteiger partial charge in [0, 0.05) is 13.3 Å². The maximum atomic E-state index is 12.2. The largest absolute Gasteiger partial charge is 0.492 e. The van der Waals surface area contributed by atoms with Gasteiger partial charge in [-0.25, -0.2) is 4.79 Å². The molecular weight excluding hydrogens is 312 g/mol. The van der Waals surface area contributed by atoms with Crippen molar-refractivity contribution < 1.29 is 13.7 Å². The van der Waals surface area contributed by atoms with Gasteiger partial charge in [-0.15, -0.1) is 0 Å². The number of ether oxygens (including phenoxy) is 1. The van der Waals surface area contributed by atoms with Crippen LogP contribution in [-0.4, -0.2) is 41.6 Å². The number of benzene rings is 2. The van der Waals surface area contributed by atoms with E-state index in [0.29, 0.717) is 23.7 Å². The van der Waals surface area contributed by atoms with Gasteiger partial charge in [0.25, 0.3) is 0 Å². The molecule has 1 N–H and O–H groups in total. The number of rotatable bonds is 6. The second kappa shape index (κ2) is 8.33. The van der Waals surface area contributed by atoms with E-state index in [4.69, 9.17) is 4.74 Å². The zero-order valence-electron chi connectivity index (χ0n) is 13.2. The lowest BCUT2D eigenvalue weighted by molar-refractivity contribution is 0.207. The fourth-order valence-corrected chi connectivity index (χ4v) is 2.65. The first-order valence-corrected chi connectivity index (χ1v) is 8.76. The van der Waals surface area contributed by atoms with Crippen LogP contribution in [0.3, 0.4) is 0 Å². The minimum absolute atomic E-state index is 0.264. The second-order valence-electron chi connectivity index (χ2n) is 4.96. The van der Waals surface area contributed by atoms with Crippen molar-refractivity contribution in [1.82, 2.24) is 4.90 Å². The van der Waals surface area contributed by atoms with Crippen LogP contribution < -0.4 is 10.1 Å². The molecule has 1 unspecified atom stereocenters. The molecule has 122 valence electrons. The number of hydrogen-bond acceptors (Lipinski definition) is 3. The summed E-state index contributed by atoms with van der Waals surface area (Å²) in [5, 5.41) is 2.78. The molecule has 0 heterocycles. The molecule has 0 saturated heterocycles. The number of urea groups is 1. The Morgan fingerprint density at radius 3 is 2.48 bits per heavy atom. The van der Waals surface area contributed by atoms with Crippen LogP contribution in [-0.2, 0) is 10.8 Å². The predicted molar refractivity (Wildman–Crippen MR) is 92.4 cm³/mol. The second-order valence-corrected chi connectivity index (χ2v) is 6.31. The molecule has 0 aliphatic heterocycles. The maximum Gasteiger partial charge on any atom is 0.321 e. The van der Waals surface area contributed by atoms with E-state index < -0.39 is 10.8 Å². The van der Waals surface area contributed by atoms with Gasteiger partial charge in [0.1, 0.15) is 12.4 Å². The Morgan fingerprint density at radius 2 is 1.78 bits per heavy atom. The molecule has 0 aromatic heterocycles. The molecule has 0 bridgehead atoms. The highest BCUT2D eigenvalue weighted by molar-refractivity contribution is 7.84. The molecule has 0 radical (unpaired) electrons. The molecule has 6 heteroatoms. The average Bonchev–Trinajstić information content (AvgIpc) is 2.56. The summed E-state index contributed by atoms with van der Waals surface area (Å²) in [6, 6.07) is 16.3. The summed E-state index contributed by atoms with van der Waals surface area (Å²) in [5.41, 5.74) is 0.564. The van der Waals surface area contributed by atoms with E-state index >= 15 is 0 Å². The van der Waals surface area contributed by atoms with Crippen LogP contribution in [0, 0.1) is 0 Å². The standard InChI is InChI=1S/C17H20N2O3S/c1-19(12-13-22-14-8-4-3-5-9-14)17(20)18-15-10-6-7-11-16(15)23(2)21/h3-11H,12-13H2,1-2H3,(H,18,20). The third kappa shape index (κ3) is 5.10. The van der Waals surface area contributed by atoms with Crippen molar-refractivity contribution >= 4 is 22.5 Å². The van der Waals surface area contributed by atoms with E-state index in [1.165, 1.54) is 4.90 Å². The van der Waals surface area contributed by atoms with E-state index in [9.17, 15) is 9.00 Å². The third-order valence-corrected chi connectivity index (χ3v) is 4.20. The smallest absolute Gasteiger partial charge is 0.321 e. The van der Waals surface area contributed by atoms with Gasteiger partial charge in [-0.2, -0.15) is 0 Å². The molecule has 0 fully saturated rings. The van der Waals surface area contributed by atoms with Gasteiger partial charge >= 0.3 is 6.03 Å². The van der Waals surface area contributed by atoms with Crippen LogP contribution in [0.15, 0.2) is 59.5 Å². The number of carbonyl (C=O) groups excluding carboxylic acids is 1. The van der Waals surface area contributed by atoms with Crippen molar-refractivity contribution in [1.29, 1.82) is 0 Å². The fraction of sp³-hybridized carbons (Fsp3) is 0.235. The van der Waals surface area contributed by atoms with Crippen molar-refractivity contribution in [3.05, 3.63) is 54.6 Å². The Hall–Kier alpha value is -2.34. The highest BCUT2D eigenvalue weighted by Gasteiger charge is 2.12. The summed E-state index contributed by atoms with van der Waals surface area (Å²) in [6.45, 7) is 0.841. The van der Waals surface area contributed by atoms with Gasteiger partial charge in [-0.3, -0.25) is 4.21 Å². The van der Waals surface area contributed by atoms with Gasteiger partial charge in [-0.1, -0.05) is 30.3 Å². The lowest BCUT2D eigenvalue weighted by Crippen LogP contribution is -2.34. The first-order chi connectivity index (χ1) is 11.1. The van der Waals surface area contributed by atoms with Gasteiger partial charge in [0.15, 0.2) is 0 Å². The molecule has 2 rings (SSSR count). The topological polar surface area (TPSA) is 58.6 Å². The lowest BCUT2D eigenvalue weighted by atomic mass is 10.3. The summed E-state index contributed by atoms with van der Waals surface area (Å²) >= 11 is 0.